The van der Waals surface area contributed by atoms with E-state index in [0.717, 1.165) is 25.9 Å². The Morgan fingerprint density at radius 1 is 1.29 bits per heavy atom. The number of hydrogen-bond donors (Lipinski definition) is 1. The highest BCUT2D eigenvalue weighted by Gasteiger charge is 2.21. The molecule has 2 heterocycles. The number of hydrogen-bond acceptors (Lipinski definition) is 4. The molecule has 0 aromatic carbocycles. The van der Waals surface area contributed by atoms with Crippen LogP contribution in [-0.2, 0) is 11.2 Å². The fraction of sp³-hybridized carbons (Fsp3) is 0.471. The Bertz CT molecular complexity index is 527. The molecular formula is C17H24N2OS. The highest BCUT2D eigenvalue weighted by molar-refractivity contribution is 7.10. The average Bonchev–Trinajstić information content (AvgIpc) is 2.93. The van der Waals surface area contributed by atoms with Gasteiger partial charge in [0.25, 0.3) is 0 Å². The topological polar surface area (TPSA) is 48.1 Å². The molecule has 2 aromatic rings. The minimum atomic E-state index is 0.0208. The van der Waals surface area contributed by atoms with Crippen molar-refractivity contribution >= 4 is 11.3 Å². The van der Waals surface area contributed by atoms with Crippen molar-refractivity contribution in [2.24, 2.45) is 5.73 Å². The van der Waals surface area contributed by atoms with Crippen molar-refractivity contribution in [3.05, 3.63) is 52.0 Å². The van der Waals surface area contributed by atoms with Crippen molar-refractivity contribution in [2.75, 3.05) is 6.61 Å². The molecule has 2 unspecified atom stereocenters. The van der Waals surface area contributed by atoms with Gasteiger partial charge in [-0.15, -0.1) is 11.3 Å². The van der Waals surface area contributed by atoms with E-state index in [-0.39, 0.29) is 12.1 Å². The smallest absolute Gasteiger partial charge is 0.107 e. The van der Waals surface area contributed by atoms with Crippen LogP contribution < -0.4 is 5.73 Å². The molecule has 0 amide bonds. The van der Waals surface area contributed by atoms with E-state index >= 15 is 0 Å². The zero-order chi connectivity index (χ0) is 15.1. The molecule has 2 rings (SSSR count). The number of nitrogens with two attached hydrogens (primary N) is 1. The Morgan fingerprint density at radius 3 is 2.67 bits per heavy atom. The van der Waals surface area contributed by atoms with Gasteiger partial charge in [0.05, 0.1) is 0 Å². The summed E-state index contributed by atoms with van der Waals surface area (Å²) in [6.07, 6.45) is 6.63. The summed E-state index contributed by atoms with van der Waals surface area (Å²) in [5.74, 6) is 0. The van der Waals surface area contributed by atoms with Crippen LogP contribution in [0.25, 0.3) is 0 Å². The molecule has 3 nitrogen and oxygen atoms in total. The molecule has 0 spiro atoms. The lowest BCUT2D eigenvalue weighted by Gasteiger charge is -2.23. The molecule has 2 atom stereocenters. The number of aromatic nitrogens is 1. The zero-order valence-corrected chi connectivity index (χ0v) is 13.6. The third kappa shape index (κ3) is 4.63. The van der Waals surface area contributed by atoms with Crippen LogP contribution in [0.15, 0.2) is 36.0 Å². The summed E-state index contributed by atoms with van der Waals surface area (Å²) in [5, 5.41) is 2.11. The third-order valence-electron chi connectivity index (χ3n) is 3.68. The Balaban J connectivity index is 1.87. The van der Waals surface area contributed by atoms with Gasteiger partial charge in [-0.25, -0.2) is 0 Å². The summed E-state index contributed by atoms with van der Waals surface area (Å²) in [6.45, 7) is 4.97. The van der Waals surface area contributed by atoms with E-state index in [1.807, 2.05) is 12.4 Å². The van der Waals surface area contributed by atoms with Crippen molar-refractivity contribution in [1.82, 2.24) is 4.98 Å². The molecule has 0 saturated carbocycles. The van der Waals surface area contributed by atoms with Crippen molar-refractivity contribution in [3.8, 4) is 0 Å². The lowest BCUT2D eigenvalue weighted by molar-refractivity contribution is 0.0342. The normalized spacial score (nSPS) is 14.0. The average molecular weight is 304 g/mol. The molecule has 2 N–H and O–H groups in total. The molecule has 2 aromatic heterocycles. The monoisotopic (exact) mass is 304 g/mol. The first-order valence-corrected chi connectivity index (χ1v) is 8.40. The highest BCUT2D eigenvalue weighted by atomic mass is 32.1. The van der Waals surface area contributed by atoms with E-state index in [9.17, 15) is 0 Å². The highest BCUT2D eigenvalue weighted by Crippen LogP contribution is 2.30. The van der Waals surface area contributed by atoms with Gasteiger partial charge in [0, 0.05) is 29.9 Å². The maximum atomic E-state index is 6.24. The fourth-order valence-corrected chi connectivity index (χ4v) is 3.37. The Morgan fingerprint density at radius 2 is 2.05 bits per heavy atom. The summed E-state index contributed by atoms with van der Waals surface area (Å²) in [4.78, 5) is 5.30. The number of aryl methyl sites for hydroxylation is 2. The predicted molar refractivity (Wildman–Crippen MR) is 88.6 cm³/mol. The molecule has 0 fully saturated rings. The molecule has 4 heteroatoms. The second-order valence-corrected chi connectivity index (χ2v) is 6.24. The number of rotatable bonds is 8. The standard InChI is InChI=1S/C17H24N2OS/c1-3-15(18)16(17-13(2)8-12-21-17)20-11-4-5-14-6-9-19-10-7-14/h6-10,12,15-16H,3-5,11,18H2,1-2H3. The maximum absolute atomic E-state index is 6.24. The van der Waals surface area contributed by atoms with Gasteiger partial charge >= 0.3 is 0 Å². The van der Waals surface area contributed by atoms with Gasteiger partial charge in [-0.3, -0.25) is 4.98 Å². The van der Waals surface area contributed by atoms with Gasteiger partial charge < -0.3 is 10.5 Å². The molecule has 0 aliphatic carbocycles. The molecule has 0 saturated heterocycles. The largest absolute Gasteiger partial charge is 0.371 e. The summed E-state index contributed by atoms with van der Waals surface area (Å²) in [7, 11) is 0. The van der Waals surface area contributed by atoms with Crippen LogP contribution in [-0.4, -0.2) is 17.6 Å². The summed E-state index contributed by atoms with van der Waals surface area (Å²) in [5.41, 5.74) is 8.83. The zero-order valence-electron chi connectivity index (χ0n) is 12.8. The van der Waals surface area contributed by atoms with Gasteiger partial charge in [0.2, 0.25) is 0 Å². The van der Waals surface area contributed by atoms with E-state index in [2.05, 4.69) is 42.4 Å². The first-order valence-electron chi connectivity index (χ1n) is 7.52. The second-order valence-electron chi connectivity index (χ2n) is 5.29. The maximum Gasteiger partial charge on any atom is 0.107 e. The van der Waals surface area contributed by atoms with Crippen molar-refractivity contribution in [1.29, 1.82) is 0 Å². The predicted octanol–water partition coefficient (Wildman–Crippen LogP) is 3.88. The van der Waals surface area contributed by atoms with Crippen LogP contribution in [0.4, 0.5) is 0 Å². The van der Waals surface area contributed by atoms with Crippen molar-refractivity contribution < 1.29 is 4.74 Å². The van der Waals surface area contributed by atoms with Gasteiger partial charge in [-0.05, 0) is 60.9 Å². The molecule has 0 bridgehead atoms. The Hall–Kier alpha value is -1.23. The van der Waals surface area contributed by atoms with Crippen LogP contribution in [0, 0.1) is 6.92 Å². The molecule has 0 radical (unpaired) electrons. The minimum Gasteiger partial charge on any atom is -0.371 e. The Labute approximate surface area is 131 Å². The van der Waals surface area contributed by atoms with Gasteiger partial charge in [0.15, 0.2) is 0 Å². The summed E-state index contributed by atoms with van der Waals surface area (Å²) >= 11 is 1.74. The van der Waals surface area contributed by atoms with Crippen molar-refractivity contribution in [2.45, 2.75) is 45.3 Å². The number of ether oxygens (including phenoxy) is 1. The van der Waals surface area contributed by atoms with Crippen LogP contribution in [0.1, 0.15) is 41.9 Å². The number of thiophene rings is 1. The van der Waals surface area contributed by atoms with Crippen LogP contribution in [0.5, 0.6) is 0 Å². The summed E-state index contributed by atoms with van der Waals surface area (Å²) < 4.78 is 6.11. The van der Waals surface area contributed by atoms with Crippen LogP contribution >= 0.6 is 11.3 Å². The molecule has 21 heavy (non-hydrogen) atoms. The van der Waals surface area contributed by atoms with Gasteiger partial charge in [-0.1, -0.05) is 6.92 Å². The number of pyridine rings is 1. The lowest BCUT2D eigenvalue weighted by atomic mass is 10.1. The molecule has 0 aliphatic heterocycles. The minimum absolute atomic E-state index is 0.0208. The first kappa shape index (κ1) is 16.1. The van der Waals surface area contributed by atoms with Gasteiger partial charge in [-0.2, -0.15) is 0 Å². The first-order chi connectivity index (χ1) is 10.2. The lowest BCUT2D eigenvalue weighted by Crippen LogP contribution is -2.29. The fourth-order valence-electron chi connectivity index (χ4n) is 2.32. The van der Waals surface area contributed by atoms with E-state index < -0.39 is 0 Å². The second kappa shape index (κ2) is 8.27. The quantitative estimate of drug-likeness (QED) is 0.753. The SMILES string of the molecule is CCC(N)C(OCCCc1ccncc1)c1sccc1C. The molecular weight excluding hydrogens is 280 g/mol. The van der Waals surface area contributed by atoms with E-state index in [4.69, 9.17) is 10.5 Å². The van der Waals surface area contributed by atoms with Crippen molar-refractivity contribution in [3.63, 3.8) is 0 Å². The molecule has 114 valence electrons. The van der Waals surface area contributed by atoms with Gasteiger partial charge in [0.1, 0.15) is 6.10 Å². The van der Waals surface area contributed by atoms with E-state index in [0.29, 0.717) is 0 Å². The number of nitrogens with zero attached hydrogens (tertiary/aromatic N) is 1. The van der Waals surface area contributed by atoms with E-state index in [1.165, 1.54) is 16.0 Å². The van der Waals surface area contributed by atoms with Crippen LogP contribution in [0.3, 0.4) is 0 Å². The Kier molecular flexibility index (Phi) is 6.36. The third-order valence-corrected chi connectivity index (χ3v) is 4.76. The molecule has 0 aliphatic rings. The van der Waals surface area contributed by atoms with Crippen LogP contribution in [0.2, 0.25) is 0 Å². The van der Waals surface area contributed by atoms with E-state index in [1.54, 1.807) is 11.3 Å². The summed E-state index contributed by atoms with van der Waals surface area (Å²) in [6, 6.07) is 6.30.